The number of hydrogen-bond acceptors (Lipinski definition) is 2. The van der Waals surface area contributed by atoms with Gasteiger partial charge in [0.25, 0.3) is 0 Å². The highest BCUT2D eigenvalue weighted by atomic mass is 16.2. The highest BCUT2D eigenvalue weighted by molar-refractivity contribution is 5.74. The van der Waals surface area contributed by atoms with Gasteiger partial charge in [0.2, 0.25) is 0 Å². The second kappa shape index (κ2) is 6.24. The van der Waals surface area contributed by atoms with Crippen LogP contribution >= 0.6 is 0 Å². The lowest BCUT2D eigenvalue weighted by Crippen LogP contribution is -2.47. The molecule has 4 N–H and O–H groups in total. The minimum atomic E-state index is 0.0102. The summed E-state index contributed by atoms with van der Waals surface area (Å²) in [6, 6.07) is 0.433. The Kier molecular flexibility index (Phi) is 4.66. The van der Waals surface area contributed by atoms with Gasteiger partial charge in [-0.2, -0.15) is 0 Å². The molecule has 2 saturated carbocycles. The molecule has 0 radical (unpaired) electrons. The fourth-order valence-corrected chi connectivity index (χ4v) is 2.88. The molecular formula is C13H25N3O. The highest BCUT2D eigenvalue weighted by Gasteiger charge is 2.25. The van der Waals surface area contributed by atoms with Gasteiger partial charge in [-0.05, 0) is 50.5 Å². The van der Waals surface area contributed by atoms with Crippen LogP contribution in [0.3, 0.4) is 0 Å². The minimum absolute atomic E-state index is 0.0102. The van der Waals surface area contributed by atoms with E-state index in [-0.39, 0.29) is 6.03 Å². The van der Waals surface area contributed by atoms with Crippen molar-refractivity contribution >= 4 is 6.03 Å². The summed E-state index contributed by atoms with van der Waals surface area (Å²) in [5.41, 5.74) is 5.78. The first kappa shape index (κ1) is 12.7. The predicted molar refractivity (Wildman–Crippen MR) is 68.7 cm³/mol. The number of carbonyl (C=O) groups excluding carboxylic acids is 1. The van der Waals surface area contributed by atoms with Crippen molar-refractivity contribution in [3.63, 3.8) is 0 Å². The van der Waals surface area contributed by atoms with Crippen LogP contribution in [0, 0.1) is 11.8 Å². The van der Waals surface area contributed by atoms with Crippen LogP contribution in [0.15, 0.2) is 0 Å². The number of carbonyl (C=O) groups is 1. The summed E-state index contributed by atoms with van der Waals surface area (Å²) in [6.45, 7) is 1.55. The lowest BCUT2D eigenvalue weighted by atomic mass is 9.79. The molecule has 0 heterocycles. The van der Waals surface area contributed by atoms with Crippen molar-refractivity contribution in [1.29, 1.82) is 0 Å². The number of nitrogens with one attached hydrogen (secondary N) is 2. The van der Waals surface area contributed by atoms with Crippen LogP contribution < -0.4 is 16.4 Å². The Bertz CT molecular complexity index is 253. The van der Waals surface area contributed by atoms with Crippen molar-refractivity contribution in [1.82, 2.24) is 10.6 Å². The Morgan fingerprint density at radius 2 is 1.76 bits per heavy atom. The maximum Gasteiger partial charge on any atom is 0.315 e. The zero-order valence-electron chi connectivity index (χ0n) is 10.6. The van der Waals surface area contributed by atoms with E-state index in [1.54, 1.807) is 0 Å². The monoisotopic (exact) mass is 239 g/mol. The summed E-state index contributed by atoms with van der Waals surface area (Å²) in [4.78, 5) is 11.6. The van der Waals surface area contributed by atoms with E-state index in [4.69, 9.17) is 5.73 Å². The summed E-state index contributed by atoms with van der Waals surface area (Å²) >= 11 is 0. The maximum absolute atomic E-state index is 11.6. The molecule has 2 amide bonds. The van der Waals surface area contributed by atoms with Gasteiger partial charge in [-0.3, -0.25) is 0 Å². The second-order valence-corrected chi connectivity index (χ2v) is 5.52. The molecule has 4 nitrogen and oxygen atoms in total. The summed E-state index contributed by atoms with van der Waals surface area (Å²) in [5.74, 6) is 1.19. The first-order chi connectivity index (χ1) is 8.29. The lowest BCUT2D eigenvalue weighted by Gasteiger charge is -2.31. The third-order valence-electron chi connectivity index (χ3n) is 4.33. The van der Waals surface area contributed by atoms with Gasteiger partial charge >= 0.3 is 6.03 Å². The van der Waals surface area contributed by atoms with Crippen molar-refractivity contribution in [2.24, 2.45) is 17.6 Å². The topological polar surface area (TPSA) is 67.1 Å². The van der Waals surface area contributed by atoms with Crippen molar-refractivity contribution in [3.05, 3.63) is 0 Å². The molecule has 17 heavy (non-hydrogen) atoms. The quantitative estimate of drug-likeness (QED) is 0.697. The lowest BCUT2D eigenvalue weighted by molar-refractivity contribution is 0.211. The molecule has 0 aromatic rings. The number of nitrogens with two attached hydrogens (primary N) is 1. The summed E-state index contributed by atoms with van der Waals surface area (Å²) < 4.78 is 0. The third-order valence-corrected chi connectivity index (χ3v) is 4.33. The van der Waals surface area contributed by atoms with E-state index >= 15 is 0 Å². The van der Waals surface area contributed by atoms with E-state index in [1.807, 2.05) is 0 Å². The van der Waals surface area contributed by atoms with Gasteiger partial charge in [-0.25, -0.2) is 4.79 Å². The van der Waals surface area contributed by atoms with Crippen molar-refractivity contribution in [2.75, 3.05) is 13.1 Å². The fourth-order valence-electron chi connectivity index (χ4n) is 2.88. The number of amides is 2. The Morgan fingerprint density at radius 1 is 1.06 bits per heavy atom. The van der Waals surface area contributed by atoms with Gasteiger partial charge in [0.15, 0.2) is 0 Å². The molecule has 0 aliphatic heterocycles. The molecule has 2 rings (SSSR count). The molecule has 0 aromatic heterocycles. The molecule has 0 spiro atoms. The van der Waals surface area contributed by atoms with Crippen LogP contribution in [0.2, 0.25) is 0 Å². The molecule has 4 heteroatoms. The molecule has 98 valence electrons. The van der Waals surface area contributed by atoms with Crippen molar-refractivity contribution in [2.45, 2.75) is 51.0 Å². The van der Waals surface area contributed by atoms with E-state index in [0.29, 0.717) is 17.9 Å². The molecule has 2 fully saturated rings. The number of hydrogen-bond donors (Lipinski definition) is 3. The normalized spacial score (nSPS) is 29.5. The average Bonchev–Trinajstić information content (AvgIpc) is 2.31. The van der Waals surface area contributed by atoms with E-state index in [0.717, 1.165) is 25.9 Å². The van der Waals surface area contributed by atoms with E-state index in [2.05, 4.69) is 10.6 Å². The Morgan fingerprint density at radius 3 is 2.35 bits per heavy atom. The number of rotatable bonds is 4. The van der Waals surface area contributed by atoms with Crippen molar-refractivity contribution < 1.29 is 4.79 Å². The Balaban J connectivity index is 1.66. The zero-order valence-corrected chi connectivity index (χ0v) is 10.6. The van der Waals surface area contributed by atoms with Crippen LogP contribution in [0.1, 0.15) is 44.9 Å². The van der Waals surface area contributed by atoms with Crippen LogP contribution in [-0.4, -0.2) is 25.2 Å². The first-order valence-electron chi connectivity index (χ1n) is 7.04. The summed E-state index contributed by atoms with van der Waals surface area (Å²) in [5, 5.41) is 6.02. The van der Waals surface area contributed by atoms with Gasteiger partial charge in [0.05, 0.1) is 0 Å². The molecule has 2 atom stereocenters. The van der Waals surface area contributed by atoms with Gasteiger partial charge in [0.1, 0.15) is 0 Å². The van der Waals surface area contributed by atoms with Crippen LogP contribution in [0.25, 0.3) is 0 Å². The molecule has 0 bridgehead atoms. The van der Waals surface area contributed by atoms with Gasteiger partial charge in [0, 0.05) is 12.6 Å². The molecular weight excluding hydrogens is 214 g/mol. The molecule has 2 aliphatic carbocycles. The third kappa shape index (κ3) is 3.60. The molecule has 0 aromatic carbocycles. The minimum Gasteiger partial charge on any atom is -0.338 e. The van der Waals surface area contributed by atoms with Gasteiger partial charge in [-0.1, -0.05) is 12.8 Å². The van der Waals surface area contributed by atoms with Crippen LogP contribution in [0.5, 0.6) is 0 Å². The highest BCUT2D eigenvalue weighted by Crippen LogP contribution is 2.28. The standard InChI is InChI=1S/C13H25N3O/c14-8-10-4-1-2-5-11(10)9-15-13(17)16-12-6-3-7-12/h10-12H,1-9,14H2,(H2,15,16,17). The van der Waals surface area contributed by atoms with Crippen LogP contribution in [-0.2, 0) is 0 Å². The number of urea groups is 1. The van der Waals surface area contributed by atoms with E-state index in [9.17, 15) is 4.79 Å². The predicted octanol–water partition coefficient (Wildman–Crippen LogP) is 1.60. The Hall–Kier alpha value is -0.770. The Labute approximate surface area is 104 Å². The average molecular weight is 239 g/mol. The largest absolute Gasteiger partial charge is 0.338 e. The molecule has 0 saturated heterocycles. The zero-order chi connectivity index (χ0) is 12.1. The van der Waals surface area contributed by atoms with Gasteiger partial charge < -0.3 is 16.4 Å². The second-order valence-electron chi connectivity index (χ2n) is 5.52. The van der Waals surface area contributed by atoms with E-state index in [1.165, 1.54) is 32.1 Å². The van der Waals surface area contributed by atoms with Gasteiger partial charge in [-0.15, -0.1) is 0 Å². The summed E-state index contributed by atoms with van der Waals surface area (Å²) in [7, 11) is 0. The molecule has 2 aliphatic rings. The van der Waals surface area contributed by atoms with Crippen LogP contribution in [0.4, 0.5) is 4.79 Å². The SMILES string of the molecule is NCC1CCCCC1CNC(=O)NC1CCC1. The first-order valence-corrected chi connectivity index (χ1v) is 7.04. The summed E-state index contributed by atoms with van der Waals surface area (Å²) in [6.07, 6.45) is 8.56. The molecule has 2 unspecified atom stereocenters. The van der Waals surface area contributed by atoms with Crippen molar-refractivity contribution in [3.8, 4) is 0 Å². The van der Waals surface area contributed by atoms with E-state index < -0.39 is 0 Å². The smallest absolute Gasteiger partial charge is 0.315 e. The fraction of sp³-hybridized carbons (Fsp3) is 0.923. The maximum atomic E-state index is 11.6.